The Morgan fingerprint density at radius 1 is 1.27 bits per heavy atom. The molecule has 1 saturated carbocycles. The molecule has 0 aromatic heterocycles. The lowest BCUT2D eigenvalue weighted by molar-refractivity contribution is -0.146. The van der Waals surface area contributed by atoms with Crippen molar-refractivity contribution in [2.24, 2.45) is 0 Å². The van der Waals surface area contributed by atoms with Crippen LogP contribution in [0.15, 0.2) is 0 Å². The molecule has 0 aromatic carbocycles. The number of rotatable bonds is 4. The second-order valence-corrected chi connectivity index (χ2v) is 5.59. The Bertz CT molecular complexity index is 281. The lowest BCUT2D eigenvalue weighted by Crippen LogP contribution is -2.53. The molecule has 0 spiro atoms. The largest absolute Gasteiger partial charge is 0.480 e. The van der Waals surface area contributed by atoms with Crippen molar-refractivity contribution in [2.45, 2.75) is 37.6 Å². The molecule has 88 valence electrons. The molecule has 0 heterocycles. The fourth-order valence-electron chi connectivity index (χ4n) is 1.88. The van der Waals surface area contributed by atoms with Crippen molar-refractivity contribution < 1.29 is 24.3 Å². The molecule has 1 aliphatic rings. The van der Waals surface area contributed by atoms with E-state index in [1.807, 2.05) is 0 Å². The number of aliphatic carboxylic acids is 1. The smallest absolute Gasteiger partial charge is 0.339 e. The van der Waals surface area contributed by atoms with Gasteiger partial charge in [0.1, 0.15) is 5.54 Å². The molecule has 4 N–H and O–H groups in total. The molecule has 0 aromatic rings. The van der Waals surface area contributed by atoms with Crippen LogP contribution < -0.4 is 5.32 Å². The van der Waals surface area contributed by atoms with Crippen molar-refractivity contribution >= 4 is 13.6 Å². The van der Waals surface area contributed by atoms with E-state index in [1.54, 1.807) is 0 Å². The van der Waals surface area contributed by atoms with Crippen LogP contribution in [0.5, 0.6) is 0 Å². The zero-order chi connectivity index (χ0) is 11.5. The van der Waals surface area contributed by atoms with Crippen molar-refractivity contribution in [3.8, 4) is 0 Å². The monoisotopic (exact) mass is 237 g/mol. The number of hydrogen-bond acceptors (Lipinski definition) is 3. The molecular formula is C8H16NO5P. The minimum atomic E-state index is -4.19. The zero-order valence-electron chi connectivity index (χ0n) is 8.35. The van der Waals surface area contributed by atoms with Crippen molar-refractivity contribution in [2.75, 3.05) is 6.29 Å². The van der Waals surface area contributed by atoms with Crippen LogP contribution in [-0.2, 0) is 9.36 Å². The van der Waals surface area contributed by atoms with Gasteiger partial charge in [0.25, 0.3) is 0 Å². The minimum absolute atomic E-state index is 0.433. The van der Waals surface area contributed by atoms with E-state index in [9.17, 15) is 9.36 Å². The maximum absolute atomic E-state index is 11.1. The van der Waals surface area contributed by atoms with Gasteiger partial charge in [0.05, 0.1) is 6.29 Å². The summed E-state index contributed by atoms with van der Waals surface area (Å²) in [5, 5.41) is 11.6. The quantitative estimate of drug-likeness (QED) is 0.530. The van der Waals surface area contributed by atoms with E-state index in [2.05, 4.69) is 5.32 Å². The molecule has 0 amide bonds. The number of carboxylic acids is 1. The molecule has 1 rings (SSSR count). The zero-order valence-corrected chi connectivity index (χ0v) is 9.24. The summed E-state index contributed by atoms with van der Waals surface area (Å²) in [7, 11) is -4.19. The van der Waals surface area contributed by atoms with Crippen LogP contribution in [0, 0.1) is 0 Å². The summed E-state index contributed by atoms with van der Waals surface area (Å²) in [6, 6.07) is 0. The van der Waals surface area contributed by atoms with Gasteiger partial charge >= 0.3 is 13.6 Å². The fraction of sp³-hybridized carbons (Fsp3) is 0.875. The van der Waals surface area contributed by atoms with Crippen LogP contribution >= 0.6 is 7.60 Å². The van der Waals surface area contributed by atoms with E-state index in [-0.39, 0.29) is 0 Å². The predicted octanol–water partition coefficient (Wildman–Crippen LogP) is 0.499. The van der Waals surface area contributed by atoms with Gasteiger partial charge in [0, 0.05) is 0 Å². The van der Waals surface area contributed by atoms with Crippen molar-refractivity contribution in [1.29, 1.82) is 0 Å². The maximum Gasteiger partial charge on any atom is 0.339 e. The molecule has 7 heteroatoms. The highest BCUT2D eigenvalue weighted by atomic mass is 31.2. The second-order valence-electron chi connectivity index (χ2n) is 3.95. The van der Waals surface area contributed by atoms with Crippen LogP contribution in [0.3, 0.4) is 0 Å². The van der Waals surface area contributed by atoms with Crippen molar-refractivity contribution in [3.63, 3.8) is 0 Å². The van der Waals surface area contributed by atoms with Gasteiger partial charge in [0.15, 0.2) is 0 Å². The second kappa shape index (κ2) is 4.61. The maximum atomic E-state index is 11.1. The lowest BCUT2D eigenvalue weighted by Gasteiger charge is -2.34. The first-order chi connectivity index (χ1) is 6.86. The highest BCUT2D eigenvalue weighted by Gasteiger charge is 2.40. The summed E-state index contributed by atoms with van der Waals surface area (Å²) in [5.74, 6) is -1.02. The lowest BCUT2D eigenvalue weighted by atomic mass is 9.82. The predicted molar refractivity (Wildman–Crippen MR) is 53.5 cm³/mol. The fourth-order valence-corrected chi connectivity index (χ4v) is 2.38. The molecule has 1 aliphatic carbocycles. The first-order valence-corrected chi connectivity index (χ1v) is 6.68. The molecule has 15 heavy (non-hydrogen) atoms. The molecule has 6 nitrogen and oxygen atoms in total. The van der Waals surface area contributed by atoms with Gasteiger partial charge < -0.3 is 14.9 Å². The first kappa shape index (κ1) is 12.6. The average Bonchev–Trinajstić information content (AvgIpc) is 2.15. The van der Waals surface area contributed by atoms with Gasteiger partial charge in [0.2, 0.25) is 0 Å². The molecule has 0 radical (unpaired) electrons. The summed E-state index contributed by atoms with van der Waals surface area (Å²) in [4.78, 5) is 28.5. The van der Waals surface area contributed by atoms with E-state index >= 15 is 0 Å². The first-order valence-electron chi connectivity index (χ1n) is 4.89. The Balaban J connectivity index is 2.65. The van der Waals surface area contributed by atoms with Crippen LogP contribution in [0.4, 0.5) is 0 Å². The number of nitrogens with one attached hydrogen (secondary N) is 1. The summed E-state index contributed by atoms with van der Waals surface area (Å²) in [6.45, 7) is 0. The molecule has 1 fully saturated rings. The highest BCUT2D eigenvalue weighted by Crippen LogP contribution is 2.36. The van der Waals surface area contributed by atoms with Gasteiger partial charge in [-0.05, 0) is 12.8 Å². The number of carbonyl (C=O) groups is 1. The Kier molecular flexibility index (Phi) is 3.89. The Morgan fingerprint density at radius 2 is 1.80 bits per heavy atom. The normalized spacial score (nSPS) is 21.2. The standard InChI is InChI=1S/C8H16NO5P/c10-7(11)8(4-2-1-3-5-8)9-6-15(12,13)14/h9H,1-6H2,(H,10,11)(H2,12,13,14). The summed E-state index contributed by atoms with van der Waals surface area (Å²) >= 11 is 0. The Morgan fingerprint density at radius 3 is 2.20 bits per heavy atom. The van der Waals surface area contributed by atoms with Gasteiger partial charge in [-0.25, -0.2) is 0 Å². The van der Waals surface area contributed by atoms with E-state index < -0.39 is 25.4 Å². The minimum Gasteiger partial charge on any atom is -0.480 e. The van der Waals surface area contributed by atoms with E-state index in [0.717, 1.165) is 19.3 Å². The van der Waals surface area contributed by atoms with E-state index in [4.69, 9.17) is 14.9 Å². The molecular weight excluding hydrogens is 221 g/mol. The highest BCUT2D eigenvalue weighted by molar-refractivity contribution is 7.51. The summed E-state index contributed by atoms with van der Waals surface area (Å²) in [5.41, 5.74) is -1.14. The van der Waals surface area contributed by atoms with Crippen molar-refractivity contribution in [1.82, 2.24) is 5.32 Å². The summed E-state index contributed by atoms with van der Waals surface area (Å²) in [6.07, 6.45) is 2.83. The van der Waals surface area contributed by atoms with E-state index in [1.165, 1.54) is 0 Å². The number of carboxylic acid groups (broad SMARTS) is 1. The van der Waals surface area contributed by atoms with Gasteiger partial charge in [-0.2, -0.15) is 0 Å². The SMILES string of the molecule is O=C(O)C1(NCP(=O)(O)O)CCCCC1. The van der Waals surface area contributed by atoms with Gasteiger partial charge in [-0.1, -0.05) is 19.3 Å². The third-order valence-corrected chi connectivity index (χ3v) is 3.31. The number of hydrogen-bond donors (Lipinski definition) is 4. The molecule has 0 atom stereocenters. The van der Waals surface area contributed by atoms with E-state index in [0.29, 0.717) is 12.8 Å². The van der Waals surface area contributed by atoms with Crippen LogP contribution in [0.2, 0.25) is 0 Å². The van der Waals surface area contributed by atoms with Crippen LogP contribution in [0.25, 0.3) is 0 Å². The van der Waals surface area contributed by atoms with Crippen LogP contribution in [0.1, 0.15) is 32.1 Å². The average molecular weight is 237 g/mol. The molecule has 0 unspecified atom stereocenters. The molecule has 0 saturated heterocycles. The summed E-state index contributed by atoms with van der Waals surface area (Å²) < 4.78 is 10.7. The van der Waals surface area contributed by atoms with Crippen LogP contribution in [-0.4, -0.2) is 32.7 Å². The molecule has 0 aliphatic heterocycles. The van der Waals surface area contributed by atoms with Crippen molar-refractivity contribution in [3.05, 3.63) is 0 Å². The molecule has 0 bridgehead atoms. The van der Waals surface area contributed by atoms with Gasteiger partial charge in [-0.15, -0.1) is 0 Å². The van der Waals surface area contributed by atoms with Gasteiger partial charge in [-0.3, -0.25) is 14.7 Å². The third kappa shape index (κ3) is 3.57. The third-order valence-electron chi connectivity index (χ3n) is 2.74. The Labute approximate surface area is 87.8 Å². The topological polar surface area (TPSA) is 107 Å². The Hall–Kier alpha value is -0.420.